The van der Waals surface area contributed by atoms with E-state index >= 15 is 0 Å². The topological polar surface area (TPSA) is 55.1 Å². The Balaban J connectivity index is 1.94. The summed E-state index contributed by atoms with van der Waals surface area (Å²) in [7, 11) is 0. The van der Waals surface area contributed by atoms with Crippen molar-refractivity contribution in [2.24, 2.45) is 0 Å². The van der Waals surface area contributed by atoms with Crippen molar-refractivity contribution in [3.8, 4) is 11.4 Å². The zero-order valence-electron chi connectivity index (χ0n) is 13.1. The Labute approximate surface area is 148 Å². The van der Waals surface area contributed by atoms with Crippen molar-refractivity contribution in [1.82, 2.24) is 9.55 Å². The van der Waals surface area contributed by atoms with Crippen LogP contribution in [0.15, 0.2) is 46.9 Å². The van der Waals surface area contributed by atoms with Gasteiger partial charge in [0.1, 0.15) is 5.82 Å². The normalized spacial score (nSPS) is 15.2. The van der Waals surface area contributed by atoms with E-state index in [4.69, 9.17) is 4.98 Å². The number of benzene rings is 2. The lowest BCUT2D eigenvalue weighted by Crippen LogP contribution is -2.06. The monoisotopic (exact) mass is 384 g/mol. The molecule has 1 aliphatic carbocycles. The Kier molecular flexibility index (Phi) is 3.88. The van der Waals surface area contributed by atoms with Crippen LogP contribution in [0.25, 0.3) is 22.4 Å². The second-order valence-electron chi connectivity index (χ2n) is 6.26. The predicted octanol–water partition coefficient (Wildman–Crippen LogP) is 5.28. The van der Waals surface area contributed by atoms with Gasteiger partial charge in [0.15, 0.2) is 0 Å². The predicted molar refractivity (Wildman–Crippen MR) is 97.3 cm³/mol. The van der Waals surface area contributed by atoms with Crippen molar-refractivity contribution in [3.63, 3.8) is 0 Å². The molecular weight excluding hydrogens is 368 g/mol. The quantitative estimate of drug-likeness (QED) is 0.668. The van der Waals surface area contributed by atoms with Gasteiger partial charge in [-0.25, -0.2) is 9.78 Å². The first-order chi connectivity index (χ1) is 11.6. The number of hydrogen-bond donors (Lipinski definition) is 1. The maximum atomic E-state index is 11.3. The molecule has 1 heterocycles. The molecule has 1 N–H and O–H groups in total. The number of carbonyl (C=O) groups is 1. The van der Waals surface area contributed by atoms with E-state index in [9.17, 15) is 9.90 Å². The van der Waals surface area contributed by atoms with Crippen LogP contribution in [-0.4, -0.2) is 20.6 Å². The second-order valence-corrected chi connectivity index (χ2v) is 7.17. The highest BCUT2D eigenvalue weighted by Gasteiger charge is 2.23. The molecule has 0 aliphatic heterocycles. The summed E-state index contributed by atoms with van der Waals surface area (Å²) in [5.41, 5.74) is 3.10. The number of aromatic carboxylic acids is 1. The summed E-state index contributed by atoms with van der Waals surface area (Å²) < 4.78 is 3.33. The maximum Gasteiger partial charge on any atom is 0.335 e. The molecule has 122 valence electrons. The van der Waals surface area contributed by atoms with Crippen LogP contribution in [0.2, 0.25) is 0 Å². The lowest BCUT2D eigenvalue weighted by Gasteiger charge is -2.16. The third kappa shape index (κ3) is 2.63. The van der Waals surface area contributed by atoms with Gasteiger partial charge in [-0.3, -0.25) is 0 Å². The molecule has 0 amide bonds. The first-order valence-corrected chi connectivity index (χ1v) is 8.94. The summed E-state index contributed by atoms with van der Waals surface area (Å²) in [6.07, 6.45) is 4.76. The van der Waals surface area contributed by atoms with Gasteiger partial charge in [-0.15, -0.1) is 0 Å². The lowest BCUT2D eigenvalue weighted by atomic mass is 10.1. The summed E-state index contributed by atoms with van der Waals surface area (Å²) in [6, 6.07) is 13.8. The summed E-state index contributed by atoms with van der Waals surface area (Å²) in [4.78, 5) is 16.0. The number of hydrogen-bond acceptors (Lipinski definition) is 2. The lowest BCUT2D eigenvalue weighted by molar-refractivity contribution is 0.0697. The molecule has 0 bridgehead atoms. The van der Waals surface area contributed by atoms with Gasteiger partial charge in [0, 0.05) is 16.1 Å². The number of imidazole rings is 1. The van der Waals surface area contributed by atoms with Crippen molar-refractivity contribution in [2.45, 2.75) is 31.7 Å². The number of rotatable bonds is 3. The van der Waals surface area contributed by atoms with E-state index in [-0.39, 0.29) is 5.56 Å². The summed E-state index contributed by atoms with van der Waals surface area (Å²) >= 11 is 3.47. The fourth-order valence-electron chi connectivity index (χ4n) is 3.57. The van der Waals surface area contributed by atoms with Crippen molar-refractivity contribution in [3.05, 3.63) is 52.5 Å². The Morgan fingerprint density at radius 1 is 1.12 bits per heavy atom. The number of carboxylic acid groups (broad SMARTS) is 1. The molecule has 0 spiro atoms. The minimum Gasteiger partial charge on any atom is -0.478 e. The van der Waals surface area contributed by atoms with E-state index in [1.165, 1.54) is 12.8 Å². The van der Waals surface area contributed by atoms with E-state index in [0.29, 0.717) is 6.04 Å². The highest BCUT2D eigenvalue weighted by atomic mass is 79.9. The van der Waals surface area contributed by atoms with Gasteiger partial charge in [-0.1, -0.05) is 40.9 Å². The van der Waals surface area contributed by atoms with Crippen LogP contribution < -0.4 is 0 Å². The van der Waals surface area contributed by atoms with Gasteiger partial charge in [-0.05, 0) is 43.2 Å². The number of nitrogens with zero attached hydrogens (tertiary/aromatic N) is 2. The molecule has 2 aromatic carbocycles. The molecule has 0 radical (unpaired) electrons. The van der Waals surface area contributed by atoms with Crippen LogP contribution in [0.3, 0.4) is 0 Å². The summed E-state index contributed by atoms with van der Waals surface area (Å²) in [5.74, 6) is 0.00412. The Hall–Kier alpha value is -2.14. The average Bonchev–Trinajstić information content (AvgIpc) is 3.21. The molecule has 1 aliphatic rings. The standard InChI is InChI=1S/C19H17BrN2O2/c20-14-8-5-12(6-9-14)18-21-16-11-13(19(23)24)7-10-17(16)22(18)15-3-1-2-4-15/h5-11,15H,1-4H2,(H,23,24). The molecule has 1 aromatic heterocycles. The van der Waals surface area contributed by atoms with Crippen molar-refractivity contribution < 1.29 is 9.90 Å². The van der Waals surface area contributed by atoms with Crippen molar-refractivity contribution >= 4 is 32.9 Å². The average molecular weight is 385 g/mol. The van der Waals surface area contributed by atoms with Gasteiger partial charge < -0.3 is 9.67 Å². The zero-order valence-corrected chi connectivity index (χ0v) is 14.7. The molecule has 5 heteroatoms. The van der Waals surface area contributed by atoms with Gasteiger partial charge in [0.2, 0.25) is 0 Å². The van der Waals surface area contributed by atoms with Gasteiger partial charge >= 0.3 is 5.97 Å². The molecule has 0 atom stereocenters. The van der Waals surface area contributed by atoms with E-state index in [2.05, 4.69) is 32.6 Å². The van der Waals surface area contributed by atoms with Crippen LogP contribution in [0.4, 0.5) is 0 Å². The first-order valence-electron chi connectivity index (χ1n) is 8.15. The second kappa shape index (κ2) is 6.06. The van der Waals surface area contributed by atoms with Gasteiger partial charge in [-0.2, -0.15) is 0 Å². The third-order valence-corrected chi connectivity index (χ3v) is 5.26. The highest BCUT2D eigenvalue weighted by molar-refractivity contribution is 9.10. The summed E-state index contributed by atoms with van der Waals surface area (Å²) in [5, 5.41) is 9.24. The number of fused-ring (bicyclic) bond motifs is 1. The Bertz CT molecular complexity index is 909. The van der Waals surface area contributed by atoms with Crippen LogP contribution in [0.5, 0.6) is 0 Å². The fourth-order valence-corrected chi connectivity index (χ4v) is 3.83. The highest BCUT2D eigenvalue weighted by Crippen LogP contribution is 2.37. The van der Waals surface area contributed by atoms with E-state index in [0.717, 1.165) is 39.7 Å². The minimum atomic E-state index is -0.919. The van der Waals surface area contributed by atoms with Crippen molar-refractivity contribution in [1.29, 1.82) is 0 Å². The maximum absolute atomic E-state index is 11.3. The van der Waals surface area contributed by atoms with Gasteiger partial charge in [0.25, 0.3) is 0 Å². The molecule has 4 nitrogen and oxygen atoms in total. The van der Waals surface area contributed by atoms with Crippen LogP contribution in [0, 0.1) is 0 Å². The Morgan fingerprint density at radius 3 is 2.50 bits per heavy atom. The van der Waals surface area contributed by atoms with Crippen LogP contribution in [-0.2, 0) is 0 Å². The molecule has 1 saturated carbocycles. The molecular formula is C19H17BrN2O2. The molecule has 24 heavy (non-hydrogen) atoms. The molecule has 0 unspecified atom stereocenters. The largest absolute Gasteiger partial charge is 0.478 e. The first kappa shape index (κ1) is 15.4. The van der Waals surface area contributed by atoms with E-state index in [1.807, 2.05) is 18.2 Å². The minimum absolute atomic E-state index is 0.279. The van der Waals surface area contributed by atoms with Gasteiger partial charge in [0.05, 0.1) is 16.6 Å². The molecule has 0 saturated heterocycles. The SMILES string of the molecule is O=C(O)c1ccc2c(c1)nc(-c1ccc(Br)cc1)n2C1CCCC1. The summed E-state index contributed by atoms with van der Waals surface area (Å²) in [6.45, 7) is 0. The number of aromatic nitrogens is 2. The molecule has 3 aromatic rings. The smallest absolute Gasteiger partial charge is 0.335 e. The Morgan fingerprint density at radius 2 is 1.83 bits per heavy atom. The van der Waals surface area contributed by atoms with Crippen LogP contribution in [0.1, 0.15) is 42.1 Å². The number of halogens is 1. The molecule has 1 fully saturated rings. The third-order valence-electron chi connectivity index (χ3n) is 4.73. The van der Waals surface area contributed by atoms with E-state index < -0.39 is 5.97 Å². The number of carboxylic acids is 1. The molecule has 4 rings (SSSR count). The van der Waals surface area contributed by atoms with Crippen LogP contribution >= 0.6 is 15.9 Å². The fraction of sp³-hybridized carbons (Fsp3) is 0.263. The van der Waals surface area contributed by atoms with Crippen molar-refractivity contribution in [2.75, 3.05) is 0 Å². The zero-order chi connectivity index (χ0) is 16.7. The van der Waals surface area contributed by atoms with E-state index in [1.54, 1.807) is 12.1 Å².